The molecule has 0 saturated heterocycles. The maximum Gasteiger partial charge on any atom is 0.164 e. The van der Waals surface area contributed by atoms with Crippen molar-refractivity contribution in [3.63, 3.8) is 0 Å². The third-order valence-corrected chi connectivity index (χ3v) is 11.3. The number of benzene rings is 5. The number of hydrogen-bond donors (Lipinski definition) is 1. The standard InChI is InChI=1S/C46H40N3O.Pt/c1-29-12-9-13-30(2)42(29)49-43-37-28-46(25-32-14-5-6-15-33(32)26-46)27-34(37)22-23-38(43)48-44(49)39-19-11-21-41(47-39)45(3,4)35-17-10-16-31(24-35)36-18-7-8-20-40(36)50;/h5-23,50H,25-28H2,1-4H3;/q-1;. The monoisotopic (exact) mass is 845 g/mol. The van der Waals surface area contributed by atoms with Gasteiger partial charge in [0.15, 0.2) is 5.82 Å². The minimum Gasteiger partial charge on any atom is -0.517 e. The maximum atomic E-state index is 10.6. The molecule has 5 heteroatoms. The Balaban J connectivity index is 0.00000374. The molecule has 256 valence electrons. The Morgan fingerprint density at radius 1 is 0.686 bits per heavy atom. The zero-order chi connectivity index (χ0) is 34.2. The molecule has 0 atom stereocenters. The fourth-order valence-electron chi connectivity index (χ4n) is 8.79. The SMILES string of the molecule is Cc1cccc(C)c1-n1c(-c2cccc(C(C)(C)c3[c-]c(-c4ccccc4O)ccc3)n2)nc2ccc3c(c21)CC1(Cc2ccccc2C1)C3.[Pt]. The number of aromatic nitrogens is 3. The van der Waals surface area contributed by atoms with Gasteiger partial charge in [-0.15, -0.1) is 35.4 Å². The van der Waals surface area contributed by atoms with Crippen molar-refractivity contribution in [2.75, 3.05) is 0 Å². The smallest absolute Gasteiger partial charge is 0.164 e. The first kappa shape index (κ1) is 33.4. The second-order valence-electron chi connectivity index (χ2n) is 15.1. The number of pyridine rings is 1. The number of rotatable bonds is 5. The summed E-state index contributed by atoms with van der Waals surface area (Å²) in [6, 6.07) is 43.6. The molecule has 2 aromatic heterocycles. The van der Waals surface area contributed by atoms with Gasteiger partial charge < -0.3 is 5.11 Å². The van der Waals surface area contributed by atoms with Gasteiger partial charge in [0.25, 0.3) is 0 Å². The number of fused-ring (bicyclic) bond motifs is 4. The number of phenolic OH excluding ortho intramolecular Hbond substituents is 1. The van der Waals surface area contributed by atoms with Gasteiger partial charge in [0.1, 0.15) is 5.69 Å². The predicted molar refractivity (Wildman–Crippen MR) is 202 cm³/mol. The maximum absolute atomic E-state index is 10.6. The molecule has 7 aromatic rings. The summed E-state index contributed by atoms with van der Waals surface area (Å²) in [6.07, 6.45) is 4.40. The topological polar surface area (TPSA) is 50.9 Å². The summed E-state index contributed by atoms with van der Waals surface area (Å²) < 4.78 is 2.42. The Labute approximate surface area is 314 Å². The third-order valence-electron chi connectivity index (χ3n) is 11.3. The first-order valence-electron chi connectivity index (χ1n) is 17.7. The van der Waals surface area contributed by atoms with Gasteiger partial charge in [-0.1, -0.05) is 92.2 Å². The second-order valence-corrected chi connectivity index (χ2v) is 15.1. The third kappa shape index (κ3) is 5.47. The molecular weight excluding hydrogens is 806 g/mol. The molecule has 51 heavy (non-hydrogen) atoms. The Morgan fingerprint density at radius 3 is 2.10 bits per heavy atom. The van der Waals surface area contributed by atoms with Gasteiger partial charge >= 0.3 is 0 Å². The van der Waals surface area contributed by atoms with Crippen LogP contribution in [0.1, 0.15) is 58.5 Å². The minimum absolute atomic E-state index is 0. The van der Waals surface area contributed by atoms with Crippen LogP contribution in [-0.2, 0) is 52.2 Å². The van der Waals surface area contributed by atoms with Crippen molar-refractivity contribution >= 4 is 11.0 Å². The Morgan fingerprint density at radius 2 is 1.35 bits per heavy atom. The van der Waals surface area contributed by atoms with E-state index in [9.17, 15) is 5.11 Å². The van der Waals surface area contributed by atoms with Crippen molar-refractivity contribution in [2.24, 2.45) is 5.41 Å². The van der Waals surface area contributed by atoms with Crippen molar-refractivity contribution < 1.29 is 26.2 Å². The van der Waals surface area contributed by atoms with Crippen LogP contribution in [-0.4, -0.2) is 19.6 Å². The minimum atomic E-state index is -0.461. The summed E-state index contributed by atoms with van der Waals surface area (Å²) in [5.41, 5.74) is 15.9. The Kier molecular flexibility index (Phi) is 8.15. The van der Waals surface area contributed by atoms with Gasteiger partial charge in [0, 0.05) is 32.2 Å². The molecule has 0 radical (unpaired) electrons. The van der Waals surface area contributed by atoms with Gasteiger partial charge in [0.05, 0.1) is 22.5 Å². The number of nitrogens with zero attached hydrogens (tertiary/aromatic N) is 3. The van der Waals surface area contributed by atoms with E-state index in [4.69, 9.17) is 9.97 Å². The number of aromatic hydroxyl groups is 1. The van der Waals surface area contributed by atoms with E-state index in [2.05, 4.69) is 117 Å². The van der Waals surface area contributed by atoms with Crippen molar-refractivity contribution in [3.8, 4) is 34.1 Å². The van der Waals surface area contributed by atoms with Crippen molar-refractivity contribution in [1.82, 2.24) is 14.5 Å². The fourth-order valence-corrected chi connectivity index (χ4v) is 8.79. The van der Waals surface area contributed by atoms with Gasteiger partial charge in [-0.25, -0.2) is 9.97 Å². The number of para-hydroxylation sites is 2. The van der Waals surface area contributed by atoms with Crippen LogP contribution in [0.3, 0.4) is 0 Å². The zero-order valence-electron chi connectivity index (χ0n) is 29.4. The first-order valence-corrected chi connectivity index (χ1v) is 17.7. The van der Waals surface area contributed by atoms with Crippen LogP contribution in [0.25, 0.3) is 39.4 Å². The average molecular weight is 846 g/mol. The zero-order valence-corrected chi connectivity index (χ0v) is 31.7. The average Bonchev–Trinajstić information content (AvgIpc) is 3.80. The number of imidazole rings is 1. The number of hydrogen-bond acceptors (Lipinski definition) is 3. The molecule has 2 heterocycles. The van der Waals surface area contributed by atoms with E-state index < -0.39 is 5.41 Å². The summed E-state index contributed by atoms with van der Waals surface area (Å²) in [6.45, 7) is 8.80. The summed E-state index contributed by atoms with van der Waals surface area (Å²) in [7, 11) is 0. The molecule has 0 bridgehead atoms. The molecule has 1 N–H and O–H groups in total. The van der Waals surface area contributed by atoms with Crippen LogP contribution in [0.5, 0.6) is 5.75 Å². The molecule has 0 amide bonds. The molecular formula is C46H40N3OPt-. The largest absolute Gasteiger partial charge is 0.517 e. The normalized spacial score (nSPS) is 14.4. The van der Waals surface area contributed by atoms with E-state index in [1.807, 2.05) is 30.3 Å². The molecule has 0 unspecified atom stereocenters. The van der Waals surface area contributed by atoms with Crippen molar-refractivity contribution in [3.05, 3.63) is 166 Å². The first-order chi connectivity index (χ1) is 24.2. The van der Waals surface area contributed by atoms with Crippen LogP contribution in [0.4, 0.5) is 0 Å². The van der Waals surface area contributed by atoms with Crippen LogP contribution >= 0.6 is 0 Å². The van der Waals surface area contributed by atoms with Crippen LogP contribution in [0, 0.1) is 25.3 Å². The molecule has 0 saturated carbocycles. The molecule has 5 aromatic carbocycles. The molecule has 9 rings (SSSR count). The van der Waals surface area contributed by atoms with Gasteiger partial charge in [0.2, 0.25) is 0 Å². The molecule has 2 aliphatic carbocycles. The summed E-state index contributed by atoms with van der Waals surface area (Å²) in [4.78, 5) is 10.8. The predicted octanol–water partition coefficient (Wildman–Crippen LogP) is 10.1. The van der Waals surface area contributed by atoms with E-state index >= 15 is 0 Å². The van der Waals surface area contributed by atoms with Crippen LogP contribution in [0.2, 0.25) is 0 Å². The summed E-state index contributed by atoms with van der Waals surface area (Å²) in [5.74, 6) is 1.12. The molecule has 0 aliphatic heterocycles. The Bertz CT molecular complexity index is 2430. The second kappa shape index (κ2) is 12.5. The van der Waals surface area contributed by atoms with E-state index in [0.29, 0.717) is 0 Å². The molecule has 2 aliphatic rings. The number of aryl methyl sites for hydroxylation is 2. The van der Waals surface area contributed by atoms with Gasteiger partial charge in [-0.3, -0.25) is 4.57 Å². The Hall–Kier alpha value is -4.79. The van der Waals surface area contributed by atoms with Crippen LogP contribution in [0.15, 0.2) is 115 Å². The van der Waals surface area contributed by atoms with Crippen molar-refractivity contribution in [1.29, 1.82) is 0 Å². The van der Waals surface area contributed by atoms with Crippen LogP contribution < -0.4 is 0 Å². The quantitative estimate of drug-likeness (QED) is 0.176. The van der Waals surface area contributed by atoms with E-state index in [1.54, 1.807) is 6.07 Å². The summed E-state index contributed by atoms with van der Waals surface area (Å²) in [5, 5.41) is 10.6. The van der Waals surface area contributed by atoms with E-state index in [0.717, 1.165) is 65.1 Å². The van der Waals surface area contributed by atoms with Gasteiger partial charge in [-0.2, -0.15) is 0 Å². The van der Waals surface area contributed by atoms with Crippen molar-refractivity contribution in [2.45, 2.75) is 58.8 Å². The molecule has 0 fully saturated rings. The molecule has 1 spiro atoms. The van der Waals surface area contributed by atoms with Gasteiger partial charge in [-0.05, 0) is 103 Å². The van der Waals surface area contributed by atoms with E-state index in [-0.39, 0.29) is 32.2 Å². The van der Waals surface area contributed by atoms with E-state index in [1.165, 1.54) is 44.6 Å². The molecule has 4 nitrogen and oxygen atoms in total. The summed E-state index contributed by atoms with van der Waals surface area (Å²) >= 11 is 0. The number of phenols is 1. The fraction of sp³-hybridized carbons (Fsp3) is 0.217.